The van der Waals surface area contributed by atoms with Gasteiger partial charge >= 0.3 is 0 Å². The molecule has 5 heteroatoms. The van der Waals surface area contributed by atoms with Crippen molar-refractivity contribution in [2.75, 3.05) is 13.7 Å². The number of carbonyl (C=O) groups is 1. The standard InChI is InChI=1S/C20H25ClN2O2/c1-4-19(16-7-11-18(25-3)12-8-16)22-13-20(24)23-14(2)15-5-9-17(21)10-6-15/h5-12,14,19,22H,4,13H2,1-3H3,(H,23,24). The summed E-state index contributed by atoms with van der Waals surface area (Å²) in [5.74, 6) is 0.794. The summed E-state index contributed by atoms with van der Waals surface area (Å²) in [6.07, 6.45) is 0.895. The number of ether oxygens (including phenoxy) is 1. The van der Waals surface area contributed by atoms with Crippen molar-refractivity contribution in [2.45, 2.75) is 32.4 Å². The minimum atomic E-state index is -0.0624. The van der Waals surface area contributed by atoms with Gasteiger partial charge in [-0.2, -0.15) is 0 Å². The zero-order chi connectivity index (χ0) is 18.2. The molecule has 0 radical (unpaired) electrons. The normalized spacial score (nSPS) is 13.1. The van der Waals surface area contributed by atoms with Gasteiger partial charge in [0.15, 0.2) is 0 Å². The molecule has 134 valence electrons. The molecule has 4 nitrogen and oxygen atoms in total. The number of nitrogens with one attached hydrogen (secondary N) is 2. The Kier molecular flexibility index (Phi) is 7.29. The number of methoxy groups -OCH3 is 1. The average Bonchev–Trinajstić information content (AvgIpc) is 2.63. The number of amides is 1. The molecule has 1 amide bonds. The van der Waals surface area contributed by atoms with E-state index in [1.165, 1.54) is 0 Å². The number of hydrogen-bond acceptors (Lipinski definition) is 3. The molecule has 2 aromatic rings. The predicted octanol–water partition coefficient (Wildman–Crippen LogP) is 4.27. The van der Waals surface area contributed by atoms with Crippen molar-refractivity contribution >= 4 is 17.5 Å². The van der Waals surface area contributed by atoms with Gasteiger partial charge in [0.25, 0.3) is 0 Å². The highest BCUT2D eigenvalue weighted by molar-refractivity contribution is 6.30. The third-order valence-corrected chi connectivity index (χ3v) is 4.43. The third kappa shape index (κ3) is 5.76. The van der Waals surface area contributed by atoms with Crippen LogP contribution in [0.1, 0.15) is 43.5 Å². The summed E-state index contributed by atoms with van der Waals surface area (Å²) < 4.78 is 5.18. The second-order valence-electron chi connectivity index (χ2n) is 5.96. The van der Waals surface area contributed by atoms with Crippen LogP contribution in [-0.4, -0.2) is 19.6 Å². The second kappa shape index (κ2) is 9.44. The number of benzene rings is 2. The Labute approximate surface area is 154 Å². The lowest BCUT2D eigenvalue weighted by Gasteiger charge is -2.19. The van der Waals surface area contributed by atoms with Gasteiger partial charge in [-0.25, -0.2) is 0 Å². The number of rotatable bonds is 8. The van der Waals surface area contributed by atoms with Crippen LogP contribution in [0.25, 0.3) is 0 Å². The Morgan fingerprint density at radius 3 is 2.24 bits per heavy atom. The Morgan fingerprint density at radius 2 is 1.68 bits per heavy atom. The highest BCUT2D eigenvalue weighted by Crippen LogP contribution is 2.20. The van der Waals surface area contributed by atoms with Crippen LogP contribution in [0.4, 0.5) is 0 Å². The molecule has 0 aromatic heterocycles. The molecule has 0 saturated heterocycles. The summed E-state index contributed by atoms with van der Waals surface area (Å²) >= 11 is 5.89. The topological polar surface area (TPSA) is 50.4 Å². The van der Waals surface area contributed by atoms with Crippen molar-refractivity contribution in [1.82, 2.24) is 10.6 Å². The quantitative estimate of drug-likeness (QED) is 0.739. The van der Waals surface area contributed by atoms with E-state index in [1.54, 1.807) is 7.11 Å². The van der Waals surface area contributed by atoms with Gasteiger partial charge in [0, 0.05) is 11.1 Å². The summed E-state index contributed by atoms with van der Waals surface area (Å²) in [5, 5.41) is 7.00. The maximum atomic E-state index is 12.2. The monoisotopic (exact) mass is 360 g/mol. The van der Waals surface area contributed by atoms with Crippen molar-refractivity contribution in [3.05, 3.63) is 64.7 Å². The Balaban J connectivity index is 1.87. The first kappa shape index (κ1) is 19.3. The summed E-state index contributed by atoms with van der Waals surface area (Å²) in [6.45, 7) is 4.32. The van der Waals surface area contributed by atoms with Crippen molar-refractivity contribution in [3.8, 4) is 5.75 Å². The first-order chi connectivity index (χ1) is 12.0. The minimum Gasteiger partial charge on any atom is -0.497 e. The van der Waals surface area contributed by atoms with Gasteiger partial charge in [-0.1, -0.05) is 42.8 Å². The fourth-order valence-electron chi connectivity index (χ4n) is 2.68. The molecule has 2 unspecified atom stereocenters. The SMILES string of the molecule is CCC(NCC(=O)NC(C)c1ccc(Cl)cc1)c1ccc(OC)cc1. The van der Waals surface area contributed by atoms with Crippen molar-refractivity contribution in [3.63, 3.8) is 0 Å². The molecule has 0 aliphatic heterocycles. The van der Waals surface area contributed by atoms with Crippen molar-refractivity contribution < 1.29 is 9.53 Å². The number of halogens is 1. The van der Waals surface area contributed by atoms with E-state index in [1.807, 2.05) is 55.5 Å². The molecule has 0 bridgehead atoms. The van der Waals surface area contributed by atoms with Gasteiger partial charge in [0.05, 0.1) is 19.7 Å². The molecule has 0 aliphatic rings. The fraction of sp³-hybridized carbons (Fsp3) is 0.350. The van der Waals surface area contributed by atoms with Gasteiger partial charge in [-0.15, -0.1) is 0 Å². The fourth-order valence-corrected chi connectivity index (χ4v) is 2.80. The molecule has 0 aliphatic carbocycles. The van der Waals surface area contributed by atoms with Crippen LogP contribution in [0.3, 0.4) is 0 Å². The Hall–Kier alpha value is -2.04. The predicted molar refractivity (Wildman–Crippen MR) is 102 cm³/mol. The van der Waals surface area contributed by atoms with E-state index < -0.39 is 0 Å². The van der Waals surface area contributed by atoms with Gasteiger partial charge in [0.2, 0.25) is 5.91 Å². The van der Waals surface area contributed by atoms with Crippen molar-refractivity contribution in [1.29, 1.82) is 0 Å². The van der Waals surface area contributed by atoms with Crippen LogP contribution < -0.4 is 15.4 Å². The van der Waals surface area contributed by atoms with Crippen LogP contribution in [-0.2, 0) is 4.79 Å². The van der Waals surface area contributed by atoms with E-state index in [9.17, 15) is 4.79 Å². The zero-order valence-corrected chi connectivity index (χ0v) is 15.6. The molecule has 2 N–H and O–H groups in total. The molecule has 2 aromatic carbocycles. The Morgan fingerprint density at radius 1 is 1.08 bits per heavy atom. The molecule has 25 heavy (non-hydrogen) atoms. The lowest BCUT2D eigenvalue weighted by atomic mass is 10.0. The number of carbonyl (C=O) groups excluding carboxylic acids is 1. The Bertz CT molecular complexity index is 671. The van der Waals surface area contributed by atoms with Gasteiger partial charge in [0.1, 0.15) is 5.75 Å². The largest absolute Gasteiger partial charge is 0.497 e. The summed E-state index contributed by atoms with van der Waals surface area (Å²) in [6, 6.07) is 15.5. The van der Waals surface area contributed by atoms with Crippen molar-refractivity contribution in [2.24, 2.45) is 0 Å². The van der Waals surface area contributed by atoms with Crippen LogP contribution >= 0.6 is 11.6 Å². The summed E-state index contributed by atoms with van der Waals surface area (Å²) in [4.78, 5) is 12.2. The lowest BCUT2D eigenvalue weighted by Crippen LogP contribution is -2.36. The van der Waals surface area contributed by atoms with E-state index in [2.05, 4.69) is 17.6 Å². The van der Waals surface area contributed by atoms with E-state index in [0.717, 1.165) is 23.3 Å². The molecule has 0 heterocycles. The van der Waals surface area contributed by atoms with Crippen LogP contribution in [0.5, 0.6) is 5.75 Å². The first-order valence-electron chi connectivity index (χ1n) is 8.45. The maximum absolute atomic E-state index is 12.2. The van der Waals surface area contributed by atoms with Gasteiger partial charge in [-0.05, 0) is 48.7 Å². The smallest absolute Gasteiger partial charge is 0.234 e. The minimum absolute atomic E-state index is 0.0330. The molecule has 2 rings (SSSR count). The first-order valence-corrected chi connectivity index (χ1v) is 8.83. The summed E-state index contributed by atoms with van der Waals surface area (Å²) in [5.41, 5.74) is 2.17. The lowest BCUT2D eigenvalue weighted by molar-refractivity contribution is -0.121. The second-order valence-corrected chi connectivity index (χ2v) is 6.39. The molecule has 0 saturated carbocycles. The zero-order valence-electron chi connectivity index (χ0n) is 14.9. The highest BCUT2D eigenvalue weighted by Gasteiger charge is 2.13. The van der Waals surface area contributed by atoms with Gasteiger partial charge < -0.3 is 15.4 Å². The summed E-state index contributed by atoms with van der Waals surface area (Å²) in [7, 11) is 1.65. The molecular formula is C20H25ClN2O2. The van der Waals surface area contributed by atoms with E-state index >= 15 is 0 Å². The van der Waals surface area contributed by atoms with Crippen LogP contribution in [0.2, 0.25) is 5.02 Å². The van der Waals surface area contributed by atoms with E-state index in [0.29, 0.717) is 5.02 Å². The van der Waals surface area contributed by atoms with Crippen LogP contribution in [0.15, 0.2) is 48.5 Å². The van der Waals surface area contributed by atoms with E-state index in [4.69, 9.17) is 16.3 Å². The average molecular weight is 361 g/mol. The van der Waals surface area contributed by atoms with Gasteiger partial charge in [-0.3, -0.25) is 4.79 Å². The van der Waals surface area contributed by atoms with E-state index in [-0.39, 0.29) is 24.5 Å². The molecule has 2 atom stereocenters. The van der Waals surface area contributed by atoms with Crippen LogP contribution in [0, 0.1) is 0 Å². The maximum Gasteiger partial charge on any atom is 0.234 e. The third-order valence-electron chi connectivity index (χ3n) is 4.18. The highest BCUT2D eigenvalue weighted by atomic mass is 35.5. The number of hydrogen-bond donors (Lipinski definition) is 2. The molecule has 0 spiro atoms. The molecule has 0 fully saturated rings. The molecular weight excluding hydrogens is 336 g/mol.